The highest BCUT2D eigenvalue weighted by Crippen LogP contribution is 2.38. The number of nitrogens with one attached hydrogen (secondary N) is 1. The van der Waals surface area contributed by atoms with E-state index in [-0.39, 0.29) is 18.4 Å². The average Bonchev–Trinajstić information content (AvgIpc) is 3.28. The molecule has 1 fully saturated rings. The van der Waals surface area contributed by atoms with Crippen molar-refractivity contribution in [1.82, 2.24) is 0 Å². The molecule has 7 nitrogen and oxygen atoms in total. The van der Waals surface area contributed by atoms with E-state index in [0.29, 0.717) is 32.3 Å². The zero-order valence-electron chi connectivity index (χ0n) is 22.3. The van der Waals surface area contributed by atoms with Crippen LogP contribution in [-0.2, 0) is 9.59 Å². The van der Waals surface area contributed by atoms with Gasteiger partial charge >= 0.3 is 0 Å². The number of benzene rings is 4. The number of aryl methyl sites for hydroxylation is 1. The quantitative estimate of drug-likeness (QED) is 0.217. The highest BCUT2D eigenvalue weighted by atomic mass is 35.5. The van der Waals surface area contributed by atoms with Crippen molar-refractivity contribution in [3.8, 4) is 11.5 Å². The SMILES string of the molecule is COc1cc(/C=C2\SC(=Nc3ccccc3)N(c3ccccc3)C2=O)ccc1OCC(=O)Nc1ccc(C)c(Cl)c1. The molecule has 0 radical (unpaired) electrons. The van der Waals surface area contributed by atoms with Gasteiger partial charge in [-0.2, -0.15) is 0 Å². The van der Waals surface area contributed by atoms with Crippen LogP contribution >= 0.6 is 23.4 Å². The van der Waals surface area contributed by atoms with Crippen LogP contribution in [0.1, 0.15) is 11.1 Å². The number of amidine groups is 1. The summed E-state index contributed by atoms with van der Waals surface area (Å²) < 4.78 is 11.2. The first-order valence-corrected chi connectivity index (χ1v) is 13.9. The average molecular weight is 584 g/mol. The van der Waals surface area contributed by atoms with Crippen LogP contribution in [0.2, 0.25) is 5.02 Å². The Labute approximate surface area is 247 Å². The Hall–Kier alpha value is -4.53. The molecule has 1 saturated heterocycles. The summed E-state index contributed by atoms with van der Waals surface area (Å²) in [6.07, 6.45) is 1.79. The molecule has 0 spiro atoms. The summed E-state index contributed by atoms with van der Waals surface area (Å²) in [4.78, 5) is 32.8. The van der Waals surface area contributed by atoms with E-state index in [2.05, 4.69) is 5.32 Å². The lowest BCUT2D eigenvalue weighted by Gasteiger charge is -2.15. The lowest BCUT2D eigenvalue weighted by molar-refractivity contribution is -0.118. The van der Waals surface area contributed by atoms with Crippen molar-refractivity contribution in [2.75, 3.05) is 23.9 Å². The van der Waals surface area contributed by atoms with E-state index < -0.39 is 0 Å². The summed E-state index contributed by atoms with van der Waals surface area (Å²) in [5.74, 6) is 0.314. The number of thioether (sulfide) groups is 1. The molecule has 206 valence electrons. The normalized spacial score (nSPS) is 14.9. The van der Waals surface area contributed by atoms with Gasteiger partial charge < -0.3 is 14.8 Å². The highest BCUT2D eigenvalue weighted by Gasteiger charge is 2.34. The van der Waals surface area contributed by atoms with E-state index >= 15 is 0 Å². The Morgan fingerprint density at radius 3 is 2.41 bits per heavy atom. The lowest BCUT2D eigenvalue weighted by Crippen LogP contribution is -2.28. The van der Waals surface area contributed by atoms with Gasteiger partial charge in [-0.05, 0) is 84.4 Å². The minimum atomic E-state index is -0.336. The topological polar surface area (TPSA) is 80.2 Å². The summed E-state index contributed by atoms with van der Waals surface area (Å²) in [6, 6.07) is 29.5. The fraction of sp³-hybridized carbons (Fsp3) is 0.0938. The molecule has 5 rings (SSSR count). The number of carbonyl (C=O) groups excluding carboxylic acids is 2. The zero-order chi connectivity index (χ0) is 28.8. The largest absolute Gasteiger partial charge is 0.493 e. The van der Waals surface area contributed by atoms with Crippen molar-refractivity contribution < 1.29 is 19.1 Å². The molecule has 1 aliphatic heterocycles. The van der Waals surface area contributed by atoms with Gasteiger partial charge in [0.25, 0.3) is 11.8 Å². The van der Waals surface area contributed by atoms with Gasteiger partial charge in [-0.3, -0.25) is 14.5 Å². The Morgan fingerprint density at radius 1 is 0.976 bits per heavy atom. The molecule has 4 aromatic rings. The number of aliphatic imine (C=N–C) groups is 1. The number of nitrogens with zero attached hydrogens (tertiary/aromatic N) is 2. The molecule has 0 atom stereocenters. The Bertz CT molecular complexity index is 1640. The second-order valence-electron chi connectivity index (χ2n) is 9.03. The summed E-state index contributed by atoms with van der Waals surface area (Å²) in [5, 5.41) is 3.90. The van der Waals surface area contributed by atoms with Gasteiger partial charge in [-0.1, -0.05) is 60.1 Å². The molecule has 0 aliphatic carbocycles. The molecule has 0 bridgehead atoms. The van der Waals surface area contributed by atoms with Gasteiger partial charge in [-0.25, -0.2) is 4.99 Å². The molecule has 1 heterocycles. The van der Waals surface area contributed by atoms with Gasteiger partial charge in [-0.15, -0.1) is 0 Å². The first-order chi connectivity index (χ1) is 19.9. The van der Waals surface area contributed by atoms with E-state index in [0.717, 1.165) is 22.5 Å². The molecular formula is C32H26ClN3O4S. The summed E-state index contributed by atoms with van der Waals surface area (Å²) in [6.45, 7) is 1.67. The van der Waals surface area contributed by atoms with Crippen molar-refractivity contribution >= 4 is 63.5 Å². The van der Waals surface area contributed by atoms with Crippen LogP contribution in [0.15, 0.2) is 107 Å². The smallest absolute Gasteiger partial charge is 0.271 e. The second-order valence-corrected chi connectivity index (χ2v) is 10.4. The number of amides is 2. The van der Waals surface area contributed by atoms with E-state index in [1.165, 1.54) is 18.9 Å². The maximum absolute atomic E-state index is 13.5. The molecule has 1 aliphatic rings. The van der Waals surface area contributed by atoms with Gasteiger partial charge in [0.2, 0.25) is 0 Å². The molecule has 0 unspecified atom stereocenters. The van der Waals surface area contributed by atoms with Crippen LogP contribution in [0, 0.1) is 6.92 Å². The van der Waals surface area contributed by atoms with Gasteiger partial charge in [0.15, 0.2) is 23.3 Å². The molecule has 1 N–H and O–H groups in total. The molecular weight excluding hydrogens is 558 g/mol. The summed E-state index contributed by atoms with van der Waals surface area (Å²) >= 11 is 7.44. The summed E-state index contributed by atoms with van der Waals surface area (Å²) in [7, 11) is 1.52. The van der Waals surface area contributed by atoms with E-state index in [4.69, 9.17) is 26.1 Å². The number of rotatable bonds is 8. The first kappa shape index (κ1) is 28.0. The van der Waals surface area contributed by atoms with Crippen molar-refractivity contribution in [2.45, 2.75) is 6.92 Å². The first-order valence-electron chi connectivity index (χ1n) is 12.7. The number of hydrogen-bond donors (Lipinski definition) is 1. The van der Waals surface area contributed by atoms with Crippen LogP contribution in [0.5, 0.6) is 11.5 Å². The van der Waals surface area contributed by atoms with Crippen LogP contribution in [0.25, 0.3) is 6.08 Å². The van der Waals surface area contributed by atoms with Crippen molar-refractivity contribution in [2.24, 2.45) is 4.99 Å². The Morgan fingerprint density at radius 2 is 1.71 bits per heavy atom. The Balaban J connectivity index is 1.34. The fourth-order valence-corrected chi connectivity index (χ4v) is 5.20. The van der Waals surface area contributed by atoms with Crippen molar-refractivity contribution in [3.05, 3.63) is 118 Å². The predicted octanol–water partition coefficient (Wildman–Crippen LogP) is 7.48. The number of carbonyl (C=O) groups is 2. The lowest BCUT2D eigenvalue weighted by atomic mass is 10.1. The van der Waals surface area contributed by atoms with E-state index in [9.17, 15) is 9.59 Å². The molecule has 0 aromatic heterocycles. The predicted molar refractivity (Wildman–Crippen MR) is 166 cm³/mol. The number of hydrogen-bond acceptors (Lipinski definition) is 6. The third kappa shape index (κ3) is 6.80. The molecule has 0 saturated carbocycles. The zero-order valence-corrected chi connectivity index (χ0v) is 23.9. The van der Waals surface area contributed by atoms with Crippen molar-refractivity contribution in [1.29, 1.82) is 0 Å². The van der Waals surface area contributed by atoms with E-state index in [1.54, 1.807) is 41.3 Å². The van der Waals surface area contributed by atoms with Crippen LogP contribution in [0.3, 0.4) is 0 Å². The monoisotopic (exact) mass is 583 g/mol. The maximum atomic E-state index is 13.5. The van der Waals surface area contributed by atoms with Gasteiger partial charge in [0.05, 0.1) is 23.4 Å². The summed E-state index contributed by atoms with van der Waals surface area (Å²) in [5.41, 5.74) is 3.73. The second kappa shape index (κ2) is 12.8. The third-order valence-electron chi connectivity index (χ3n) is 6.10. The van der Waals surface area contributed by atoms with E-state index in [1.807, 2.05) is 73.7 Å². The van der Waals surface area contributed by atoms with Crippen LogP contribution in [0.4, 0.5) is 17.1 Å². The maximum Gasteiger partial charge on any atom is 0.271 e. The van der Waals surface area contributed by atoms with Crippen LogP contribution < -0.4 is 19.7 Å². The number of methoxy groups -OCH3 is 1. The third-order valence-corrected chi connectivity index (χ3v) is 7.48. The minimum Gasteiger partial charge on any atom is -0.493 e. The van der Waals surface area contributed by atoms with Gasteiger partial charge in [0.1, 0.15) is 0 Å². The highest BCUT2D eigenvalue weighted by molar-refractivity contribution is 8.19. The molecule has 9 heteroatoms. The Kier molecular flexibility index (Phi) is 8.72. The standard InChI is InChI=1S/C32H26ClN3O4S/c1-21-13-15-24(19-26(21)33)34-30(37)20-40-27-16-14-22(17-28(27)39-2)18-29-31(38)36(25-11-7-4-8-12-25)32(41-29)35-23-9-5-3-6-10-23/h3-19H,20H2,1-2H3,(H,34,37)/b29-18-,35-32?. The minimum absolute atomic E-state index is 0.178. The van der Waals surface area contributed by atoms with Crippen molar-refractivity contribution in [3.63, 3.8) is 0 Å². The number of halogens is 1. The molecule has 2 amide bonds. The number of ether oxygens (including phenoxy) is 2. The molecule has 41 heavy (non-hydrogen) atoms. The fourth-order valence-electron chi connectivity index (χ4n) is 4.02. The molecule has 4 aromatic carbocycles. The number of anilines is 2. The van der Waals surface area contributed by atoms with Crippen LogP contribution in [-0.4, -0.2) is 30.7 Å². The number of para-hydroxylation sites is 2. The van der Waals surface area contributed by atoms with Gasteiger partial charge in [0, 0.05) is 10.7 Å².